The Labute approximate surface area is 127 Å². The van der Waals surface area contributed by atoms with Gasteiger partial charge in [-0.15, -0.1) is 0 Å². The summed E-state index contributed by atoms with van der Waals surface area (Å²) in [6.07, 6.45) is 0.140. The number of nitrogens with two attached hydrogens (primary N) is 1. The molecule has 0 radical (unpaired) electrons. The van der Waals surface area contributed by atoms with Crippen molar-refractivity contribution in [3.05, 3.63) is 54.1 Å². The Morgan fingerprint density at radius 2 is 1.82 bits per heavy atom. The number of carbonyl (C=O) groups is 1. The molecule has 0 saturated carbocycles. The van der Waals surface area contributed by atoms with Gasteiger partial charge in [-0.2, -0.15) is 0 Å². The molecular weight excluding hydrogens is 305 g/mol. The zero-order valence-corrected chi connectivity index (χ0v) is 12.5. The Balaban J connectivity index is 2.43. The zero-order valence-electron chi connectivity index (χ0n) is 11.6. The SMILES string of the molecule is NC(Cc1cccc(-c2ccccc2P(=O)(O)O)c1)C(=O)O. The molecule has 22 heavy (non-hydrogen) atoms. The van der Waals surface area contributed by atoms with Crippen molar-refractivity contribution in [2.75, 3.05) is 0 Å². The minimum absolute atomic E-state index is 0.0605. The summed E-state index contributed by atoms with van der Waals surface area (Å²) in [6.45, 7) is 0. The number of carboxylic acid groups (broad SMARTS) is 1. The van der Waals surface area contributed by atoms with E-state index < -0.39 is 19.6 Å². The molecule has 0 aromatic heterocycles. The first-order valence-electron chi connectivity index (χ1n) is 6.52. The number of aliphatic carboxylic acids is 1. The molecule has 116 valence electrons. The van der Waals surface area contributed by atoms with Crippen molar-refractivity contribution in [1.29, 1.82) is 0 Å². The van der Waals surface area contributed by atoms with Crippen LogP contribution in [-0.4, -0.2) is 26.9 Å². The molecule has 2 aromatic carbocycles. The van der Waals surface area contributed by atoms with Gasteiger partial charge in [0.1, 0.15) is 6.04 Å². The Morgan fingerprint density at radius 1 is 1.14 bits per heavy atom. The second-order valence-corrected chi connectivity index (χ2v) is 6.48. The fraction of sp³-hybridized carbons (Fsp3) is 0.133. The largest absolute Gasteiger partial charge is 0.480 e. The van der Waals surface area contributed by atoms with E-state index in [0.717, 1.165) is 0 Å². The van der Waals surface area contributed by atoms with Crippen molar-refractivity contribution in [2.45, 2.75) is 12.5 Å². The van der Waals surface area contributed by atoms with Gasteiger partial charge >= 0.3 is 13.6 Å². The molecule has 0 fully saturated rings. The maximum absolute atomic E-state index is 11.6. The van der Waals surface area contributed by atoms with Gasteiger partial charge in [-0.25, -0.2) is 0 Å². The molecule has 2 rings (SSSR count). The lowest BCUT2D eigenvalue weighted by Gasteiger charge is -2.13. The van der Waals surface area contributed by atoms with Gasteiger partial charge in [-0.1, -0.05) is 42.5 Å². The van der Waals surface area contributed by atoms with E-state index in [9.17, 15) is 19.1 Å². The molecule has 2 aromatic rings. The first-order valence-corrected chi connectivity index (χ1v) is 8.13. The molecule has 0 aliphatic heterocycles. The highest BCUT2D eigenvalue weighted by Gasteiger charge is 2.22. The highest BCUT2D eigenvalue weighted by atomic mass is 31.2. The highest BCUT2D eigenvalue weighted by molar-refractivity contribution is 7.60. The van der Waals surface area contributed by atoms with Crippen molar-refractivity contribution in [2.24, 2.45) is 5.73 Å². The molecule has 0 aliphatic rings. The van der Waals surface area contributed by atoms with E-state index in [0.29, 0.717) is 16.7 Å². The lowest BCUT2D eigenvalue weighted by atomic mass is 9.99. The van der Waals surface area contributed by atoms with E-state index in [1.54, 1.807) is 42.5 Å². The van der Waals surface area contributed by atoms with Crippen LogP contribution < -0.4 is 11.0 Å². The van der Waals surface area contributed by atoms with Crippen LogP contribution in [0, 0.1) is 0 Å². The zero-order chi connectivity index (χ0) is 16.3. The van der Waals surface area contributed by atoms with Crippen LogP contribution in [0.3, 0.4) is 0 Å². The van der Waals surface area contributed by atoms with Crippen LogP contribution in [0.2, 0.25) is 0 Å². The number of carboxylic acids is 1. The number of hydrogen-bond acceptors (Lipinski definition) is 3. The van der Waals surface area contributed by atoms with E-state index >= 15 is 0 Å². The summed E-state index contributed by atoms with van der Waals surface area (Å²) in [5.74, 6) is -1.10. The summed E-state index contributed by atoms with van der Waals surface area (Å²) in [6, 6.07) is 12.1. The third kappa shape index (κ3) is 3.81. The Hall–Kier alpha value is -1.98. The first-order chi connectivity index (χ1) is 10.3. The van der Waals surface area contributed by atoms with E-state index in [4.69, 9.17) is 10.8 Å². The average Bonchev–Trinajstić information content (AvgIpc) is 2.46. The normalized spacial score (nSPS) is 12.9. The van der Waals surface area contributed by atoms with Gasteiger partial charge in [0.25, 0.3) is 0 Å². The summed E-state index contributed by atoms with van der Waals surface area (Å²) >= 11 is 0. The Kier molecular flexibility index (Phi) is 4.78. The maximum atomic E-state index is 11.6. The smallest absolute Gasteiger partial charge is 0.356 e. The third-order valence-electron chi connectivity index (χ3n) is 3.23. The molecule has 6 nitrogen and oxygen atoms in total. The maximum Gasteiger partial charge on any atom is 0.356 e. The van der Waals surface area contributed by atoms with Gasteiger partial charge in [-0.05, 0) is 29.2 Å². The van der Waals surface area contributed by atoms with Gasteiger partial charge in [-0.3, -0.25) is 9.36 Å². The molecule has 1 atom stereocenters. The van der Waals surface area contributed by atoms with E-state index in [1.807, 2.05) is 0 Å². The standard InChI is InChI=1S/C15H16NO5P/c16-13(15(17)18)9-10-4-3-5-11(8-10)12-6-1-2-7-14(12)22(19,20)21/h1-8,13H,9,16H2,(H,17,18)(H2,19,20,21). The fourth-order valence-corrected chi connectivity index (χ4v) is 2.98. The summed E-state index contributed by atoms with van der Waals surface area (Å²) in [5, 5.41) is 8.79. The Morgan fingerprint density at radius 3 is 2.45 bits per heavy atom. The average molecular weight is 321 g/mol. The minimum Gasteiger partial charge on any atom is -0.480 e. The lowest BCUT2D eigenvalue weighted by Crippen LogP contribution is -2.32. The summed E-state index contributed by atoms with van der Waals surface area (Å²) < 4.78 is 11.6. The van der Waals surface area contributed by atoms with E-state index in [1.165, 1.54) is 6.07 Å². The molecule has 1 unspecified atom stereocenters. The molecule has 7 heteroatoms. The van der Waals surface area contributed by atoms with Gasteiger partial charge in [0, 0.05) is 0 Å². The molecule has 0 aliphatic carbocycles. The van der Waals surface area contributed by atoms with Gasteiger partial charge in [0.15, 0.2) is 0 Å². The predicted octanol–water partition coefficient (Wildman–Crippen LogP) is 1.11. The van der Waals surface area contributed by atoms with Gasteiger partial charge in [0.05, 0.1) is 5.30 Å². The third-order valence-corrected chi connectivity index (χ3v) is 4.25. The van der Waals surface area contributed by atoms with Crippen LogP contribution >= 0.6 is 7.60 Å². The van der Waals surface area contributed by atoms with Gasteiger partial charge < -0.3 is 20.6 Å². The predicted molar refractivity (Wildman–Crippen MR) is 82.9 cm³/mol. The fourth-order valence-electron chi connectivity index (χ4n) is 2.18. The van der Waals surface area contributed by atoms with Crippen LogP contribution in [0.1, 0.15) is 5.56 Å². The summed E-state index contributed by atoms with van der Waals surface area (Å²) in [5.41, 5.74) is 7.22. The van der Waals surface area contributed by atoms with Crippen LogP contribution in [0.15, 0.2) is 48.5 Å². The summed E-state index contributed by atoms with van der Waals surface area (Å²) in [4.78, 5) is 29.7. The highest BCUT2D eigenvalue weighted by Crippen LogP contribution is 2.37. The first kappa shape index (κ1) is 16.4. The quantitative estimate of drug-likeness (QED) is 0.612. The number of hydrogen-bond donors (Lipinski definition) is 4. The molecular formula is C15H16NO5P. The van der Waals surface area contributed by atoms with Gasteiger partial charge in [0.2, 0.25) is 0 Å². The van der Waals surface area contributed by atoms with Crippen molar-refractivity contribution >= 4 is 18.9 Å². The minimum atomic E-state index is -4.40. The monoisotopic (exact) mass is 321 g/mol. The lowest BCUT2D eigenvalue weighted by molar-refractivity contribution is -0.138. The van der Waals surface area contributed by atoms with Crippen molar-refractivity contribution in [1.82, 2.24) is 0 Å². The van der Waals surface area contributed by atoms with Crippen molar-refractivity contribution < 1.29 is 24.3 Å². The van der Waals surface area contributed by atoms with Crippen LogP contribution in [0.25, 0.3) is 11.1 Å². The molecule has 0 bridgehead atoms. The molecule has 0 amide bonds. The van der Waals surface area contributed by atoms with Crippen LogP contribution in [-0.2, 0) is 15.8 Å². The Bertz CT molecular complexity index is 740. The number of rotatable bonds is 5. The molecule has 0 saturated heterocycles. The number of benzene rings is 2. The van der Waals surface area contributed by atoms with E-state index in [-0.39, 0.29) is 11.7 Å². The molecule has 0 heterocycles. The second kappa shape index (κ2) is 6.42. The van der Waals surface area contributed by atoms with E-state index in [2.05, 4.69) is 0 Å². The summed E-state index contributed by atoms with van der Waals surface area (Å²) in [7, 11) is -4.40. The second-order valence-electron chi connectivity index (χ2n) is 4.91. The van der Waals surface area contributed by atoms with Crippen molar-refractivity contribution in [3.63, 3.8) is 0 Å². The van der Waals surface area contributed by atoms with Crippen LogP contribution in [0.4, 0.5) is 0 Å². The molecule has 5 N–H and O–H groups in total. The topological polar surface area (TPSA) is 121 Å². The van der Waals surface area contributed by atoms with Crippen LogP contribution in [0.5, 0.6) is 0 Å². The van der Waals surface area contributed by atoms with Crippen molar-refractivity contribution in [3.8, 4) is 11.1 Å². The molecule has 0 spiro atoms.